The molecule has 0 saturated heterocycles. The Kier molecular flexibility index (Phi) is 15.5. The van der Waals surface area contributed by atoms with E-state index in [0.29, 0.717) is 0 Å². The second-order valence-electron chi connectivity index (χ2n) is 32.8. The van der Waals surface area contributed by atoms with Crippen molar-refractivity contribution in [3.05, 3.63) is 387 Å². The maximum absolute atomic E-state index is 2.72. The van der Waals surface area contributed by atoms with Crippen LogP contribution in [0.25, 0.3) is 149 Å². The van der Waals surface area contributed by atoms with Crippen molar-refractivity contribution in [3.63, 3.8) is 0 Å². The predicted molar refractivity (Wildman–Crippen MR) is 479 cm³/mol. The Hall–Kier alpha value is -13.5. The van der Waals surface area contributed by atoms with Gasteiger partial charge in [0.05, 0.1) is 22.4 Å². The van der Waals surface area contributed by atoms with Crippen molar-refractivity contribution in [1.82, 2.24) is 4.57 Å². The number of benzene rings is 18. The van der Waals surface area contributed by atoms with E-state index in [1.54, 1.807) is 0 Å². The van der Waals surface area contributed by atoms with Gasteiger partial charge in [-0.2, -0.15) is 0 Å². The van der Waals surface area contributed by atoms with E-state index < -0.39 is 0 Å². The lowest BCUT2D eigenvalue weighted by atomic mass is 9.33. The zero-order chi connectivity index (χ0) is 75.1. The lowest BCUT2D eigenvalue weighted by Gasteiger charge is -2.46. The Bertz CT molecular complexity index is 6670. The van der Waals surface area contributed by atoms with E-state index in [2.05, 4.69) is 432 Å². The van der Waals surface area contributed by atoms with Crippen LogP contribution in [0.5, 0.6) is 0 Å². The Balaban J connectivity index is 0.931. The zero-order valence-electron chi connectivity index (χ0n) is 63.7. The molecule has 18 aromatic carbocycles. The molecule has 0 bridgehead atoms. The molecular formula is C108H80BN3. The van der Waals surface area contributed by atoms with Crippen LogP contribution in [0.1, 0.15) is 52.7 Å². The molecule has 21 rings (SSSR count). The van der Waals surface area contributed by atoms with Crippen LogP contribution in [0.3, 0.4) is 0 Å². The molecule has 0 spiro atoms. The van der Waals surface area contributed by atoms with Gasteiger partial charge in [-0.25, -0.2) is 0 Å². The SMILES string of the molecule is CC(C)(C)c1ccc(-c2cc3c4c(c2)N(c2c(-c5ccccc5)cc(-c5ccccc5)cc2-c2ccccc2)c2cc(-n5c6ccccc6c6ccccc65)ccc2B4c2ccc(-c4cc5ccc6cc(C(C)(C)C)cc7ccc(c4)c5c67)cc2N3c2c(-c3ccccc3)cc(-c3ccccc3)cc2-c2ccccc2)cc1. The number of rotatable bonds is 11. The zero-order valence-corrected chi connectivity index (χ0v) is 63.7. The highest BCUT2D eigenvalue weighted by atomic mass is 15.2. The molecule has 1 aromatic heterocycles. The Morgan fingerprint density at radius 3 is 0.964 bits per heavy atom. The summed E-state index contributed by atoms with van der Waals surface area (Å²) in [4.78, 5) is 5.44. The van der Waals surface area contributed by atoms with Crippen LogP contribution >= 0.6 is 0 Å². The van der Waals surface area contributed by atoms with Gasteiger partial charge >= 0.3 is 0 Å². The van der Waals surface area contributed by atoms with E-state index in [4.69, 9.17) is 0 Å². The number of fused-ring (bicyclic) bond motifs is 7. The molecule has 2 aliphatic rings. The fraction of sp³-hybridized carbons (Fsp3) is 0.0741. The van der Waals surface area contributed by atoms with Gasteiger partial charge in [0.25, 0.3) is 6.71 Å². The molecule has 112 heavy (non-hydrogen) atoms. The lowest BCUT2D eigenvalue weighted by Crippen LogP contribution is -2.61. The molecule has 0 saturated carbocycles. The second-order valence-corrected chi connectivity index (χ2v) is 32.8. The van der Waals surface area contributed by atoms with E-state index in [1.165, 1.54) is 76.2 Å². The average Bonchev–Trinajstić information content (AvgIpc) is 0.979. The topological polar surface area (TPSA) is 11.4 Å². The number of aromatic nitrogens is 1. The molecule has 0 radical (unpaired) electrons. The highest BCUT2D eigenvalue weighted by Crippen LogP contribution is 2.56. The van der Waals surface area contributed by atoms with Gasteiger partial charge in [-0.1, -0.05) is 339 Å². The van der Waals surface area contributed by atoms with Crippen molar-refractivity contribution < 1.29 is 0 Å². The highest BCUT2D eigenvalue weighted by molar-refractivity contribution is 7.00. The largest absolute Gasteiger partial charge is 0.310 e. The van der Waals surface area contributed by atoms with Gasteiger partial charge in [0.1, 0.15) is 0 Å². The number of hydrogen-bond acceptors (Lipinski definition) is 2. The first-order valence-electron chi connectivity index (χ1n) is 39.4. The monoisotopic (exact) mass is 1430 g/mol. The van der Waals surface area contributed by atoms with Crippen molar-refractivity contribution >= 4 is 111 Å². The summed E-state index contributed by atoms with van der Waals surface area (Å²) in [6.45, 7) is 13.6. The summed E-state index contributed by atoms with van der Waals surface area (Å²) < 4.78 is 2.50. The Labute approximate surface area is 655 Å². The van der Waals surface area contributed by atoms with Crippen molar-refractivity contribution in [3.8, 4) is 94.7 Å². The van der Waals surface area contributed by atoms with Crippen molar-refractivity contribution in [2.45, 2.75) is 52.4 Å². The smallest absolute Gasteiger partial charge is 0.252 e. The molecule has 2 aliphatic heterocycles. The summed E-state index contributed by atoms with van der Waals surface area (Å²) in [5.41, 5.74) is 34.4. The first kappa shape index (κ1) is 66.6. The van der Waals surface area contributed by atoms with E-state index in [1.807, 2.05) is 0 Å². The molecule has 19 aromatic rings. The molecule has 0 aliphatic carbocycles. The van der Waals surface area contributed by atoms with E-state index in [0.717, 1.165) is 134 Å². The minimum absolute atomic E-state index is 0.00927. The van der Waals surface area contributed by atoms with Crippen LogP contribution in [-0.2, 0) is 10.8 Å². The normalized spacial score (nSPS) is 12.7. The third-order valence-corrected chi connectivity index (χ3v) is 23.9. The van der Waals surface area contributed by atoms with Gasteiger partial charge in [0.2, 0.25) is 0 Å². The van der Waals surface area contributed by atoms with Gasteiger partial charge in [-0.3, -0.25) is 0 Å². The summed E-state index contributed by atoms with van der Waals surface area (Å²) in [7, 11) is 0. The predicted octanol–water partition coefficient (Wildman–Crippen LogP) is 27.7. The third-order valence-electron chi connectivity index (χ3n) is 23.9. The molecule has 3 heterocycles. The van der Waals surface area contributed by atoms with Crippen LogP contribution in [0, 0.1) is 0 Å². The summed E-state index contributed by atoms with van der Waals surface area (Å²) in [6, 6.07) is 143. The molecular weight excluding hydrogens is 1350 g/mol. The molecule has 530 valence electrons. The molecule has 0 atom stereocenters. The average molecular weight is 1430 g/mol. The van der Waals surface area contributed by atoms with Gasteiger partial charge in [0, 0.05) is 61.5 Å². The van der Waals surface area contributed by atoms with Crippen LogP contribution in [0.2, 0.25) is 0 Å². The van der Waals surface area contributed by atoms with Crippen LogP contribution in [0.4, 0.5) is 34.1 Å². The van der Waals surface area contributed by atoms with Gasteiger partial charge in [-0.15, -0.1) is 0 Å². The molecule has 0 unspecified atom stereocenters. The minimum atomic E-state index is -0.280. The summed E-state index contributed by atoms with van der Waals surface area (Å²) in [6.07, 6.45) is 0. The summed E-state index contributed by atoms with van der Waals surface area (Å²) >= 11 is 0. The molecule has 0 N–H and O–H groups in total. The van der Waals surface area contributed by atoms with Crippen LogP contribution < -0.4 is 26.2 Å². The first-order chi connectivity index (χ1) is 54.8. The Morgan fingerprint density at radius 2 is 0.554 bits per heavy atom. The Morgan fingerprint density at radius 1 is 0.232 bits per heavy atom. The van der Waals surface area contributed by atoms with Gasteiger partial charge in [-0.05, 0) is 216 Å². The number of anilines is 6. The summed E-state index contributed by atoms with van der Waals surface area (Å²) in [5.74, 6) is 0. The number of hydrogen-bond donors (Lipinski definition) is 0. The van der Waals surface area contributed by atoms with Crippen molar-refractivity contribution in [2.75, 3.05) is 9.80 Å². The fourth-order valence-electron chi connectivity index (χ4n) is 18.4. The molecule has 4 heteroatoms. The second kappa shape index (κ2) is 26.1. The van der Waals surface area contributed by atoms with E-state index in [9.17, 15) is 0 Å². The van der Waals surface area contributed by atoms with E-state index >= 15 is 0 Å². The van der Waals surface area contributed by atoms with Crippen LogP contribution in [0.15, 0.2) is 376 Å². The van der Waals surface area contributed by atoms with Crippen LogP contribution in [-0.4, -0.2) is 11.3 Å². The van der Waals surface area contributed by atoms with Crippen molar-refractivity contribution in [2.24, 2.45) is 0 Å². The molecule has 3 nitrogen and oxygen atoms in total. The maximum Gasteiger partial charge on any atom is 0.252 e. The lowest BCUT2D eigenvalue weighted by molar-refractivity contribution is 0.590. The van der Waals surface area contributed by atoms with Gasteiger partial charge in [0.15, 0.2) is 0 Å². The highest BCUT2D eigenvalue weighted by Gasteiger charge is 2.46. The standard InChI is InChI=1S/C108H80BN3/c1-107(2,3)85-52-49-71(50-53-85)84-66-100-104-101(67-84)112(106-92(74-37-21-11-22-38-74)63-83(70-31-15-8-16-32-70)64-93(106)75-39-23-12-24-40-75)99-68-87(110-96-43-27-25-41-88(96)89-42-26-28-44-97(89)110)54-56-95(99)109(104)94-55-51-76(81-57-77-45-47-79-59-86(108(4,5)6)60-80-48-46-78(58-81)102(77)103(79)80)65-98(94)111(100)105-90(72-33-17-9-18-34-72)61-82(69-29-13-7-14-30-69)62-91(105)73-35-19-10-20-36-73/h7-68H,1-6H3. The minimum Gasteiger partial charge on any atom is -0.310 e. The maximum atomic E-state index is 2.72. The fourth-order valence-corrected chi connectivity index (χ4v) is 18.4. The quantitative estimate of drug-likeness (QED) is 0.0944. The third kappa shape index (κ3) is 11.0. The van der Waals surface area contributed by atoms with Crippen molar-refractivity contribution in [1.29, 1.82) is 0 Å². The van der Waals surface area contributed by atoms with Gasteiger partial charge < -0.3 is 14.4 Å². The number of para-hydroxylation sites is 2. The molecule has 0 fully saturated rings. The summed E-state index contributed by atoms with van der Waals surface area (Å²) in [5, 5.41) is 10.1. The van der Waals surface area contributed by atoms with E-state index in [-0.39, 0.29) is 17.5 Å². The first-order valence-corrected chi connectivity index (χ1v) is 39.4. The molecule has 0 amide bonds. The number of nitrogens with zero attached hydrogens (tertiary/aromatic N) is 3.